The van der Waals surface area contributed by atoms with E-state index >= 15 is 0 Å². The Morgan fingerprint density at radius 3 is 2.76 bits per heavy atom. The molecule has 0 aliphatic heterocycles. The number of carbonyl (C=O) groups is 2. The van der Waals surface area contributed by atoms with Crippen molar-refractivity contribution in [1.82, 2.24) is 9.32 Å². The number of carbonyl (C=O) groups excluding carboxylic acids is 2. The van der Waals surface area contributed by atoms with Gasteiger partial charge in [-0.15, -0.1) is 11.3 Å². The van der Waals surface area contributed by atoms with Crippen molar-refractivity contribution in [3.8, 4) is 0 Å². The van der Waals surface area contributed by atoms with Crippen molar-refractivity contribution in [2.75, 3.05) is 6.66 Å². The van der Waals surface area contributed by atoms with E-state index in [4.69, 9.17) is 0 Å². The van der Waals surface area contributed by atoms with Crippen molar-refractivity contribution in [3.63, 3.8) is 0 Å². The summed E-state index contributed by atoms with van der Waals surface area (Å²) in [6.45, 7) is 2.82. The molecule has 0 radical (unpaired) electrons. The minimum atomic E-state index is -3.73. The maximum Gasteiger partial charge on any atom is 0.294 e. The van der Waals surface area contributed by atoms with Crippen LogP contribution in [0.25, 0.3) is 10.9 Å². The SMILES string of the molecule is CCC(=O)c1csc(C(=O)c2cn(P(C)(=O)O)c3ccc(F)cc23)n1. The summed E-state index contributed by atoms with van der Waals surface area (Å²) in [5, 5.41) is 1.79. The van der Waals surface area contributed by atoms with Gasteiger partial charge in [-0.25, -0.2) is 9.37 Å². The predicted molar refractivity (Wildman–Crippen MR) is 93.2 cm³/mol. The highest BCUT2D eigenvalue weighted by molar-refractivity contribution is 7.55. The monoisotopic (exact) mass is 380 g/mol. The first kappa shape index (κ1) is 17.7. The summed E-state index contributed by atoms with van der Waals surface area (Å²) in [4.78, 5) is 38.4. The van der Waals surface area contributed by atoms with E-state index in [9.17, 15) is 23.4 Å². The summed E-state index contributed by atoms with van der Waals surface area (Å²) in [6, 6.07) is 3.65. The second-order valence-corrected chi connectivity index (χ2v) is 8.49. The summed E-state index contributed by atoms with van der Waals surface area (Å²) >= 11 is 1.01. The van der Waals surface area contributed by atoms with Gasteiger partial charge in [0, 0.05) is 30.0 Å². The third-order valence-electron chi connectivity index (χ3n) is 3.70. The molecule has 0 bridgehead atoms. The predicted octanol–water partition coefficient (Wildman–Crippen LogP) is 3.72. The number of nitrogens with zero attached hydrogens (tertiary/aromatic N) is 2. The van der Waals surface area contributed by atoms with E-state index < -0.39 is 19.1 Å². The van der Waals surface area contributed by atoms with Gasteiger partial charge in [0.1, 0.15) is 11.5 Å². The van der Waals surface area contributed by atoms with Gasteiger partial charge < -0.3 is 4.89 Å². The number of aromatic nitrogens is 2. The molecule has 3 rings (SSSR count). The molecule has 0 saturated carbocycles. The van der Waals surface area contributed by atoms with Crippen molar-refractivity contribution in [3.05, 3.63) is 51.9 Å². The molecular weight excluding hydrogens is 366 g/mol. The van der Waals surface area contributed by atoms with Gasteiger partial charge in [0.05, 0.1) is 11.1 Å². The minimum absolute atomic E-state index is 0.0653. The largest absolute Gasteiger partial charge is 0.329 e. The van der Waals surface area contributed by atoms with Gasteiger partial charge in [0.15, 0.2) is 10.8 Å². The highest BCUT2D eigenvalue weighted by Crippen LogP contribution is 2.42. The summed E-state index contributed by atoms with van der Waals surface area (Å²) < 4.78 is 26.8. The number of Topliss-reactive ketones (excluding diaryl/α,β-unsaturated/α-hetero) is 1. The molecule has 130 valence electrons. The third kappa shape index (κ3) is 3.20. The lowest BCUT2D eigenvalue weighted by atomic mass is 10.1. The molecule has 2 heterocycles. The lowest BCUT2D eigenvalue weighted by Gasteiger charge is -2.08. The lowest BCUT2D eigenvalue weighted by molar-refractivity contribution is 0.0984. The van der Waals surface area contributed by atoms with Crippen LogP contribution in [0.15, 0.2) is 29.8 Å². The number of fused-ring (bicyclic) bond motifs is 1. The molecule has 0 fully saturated rings. The van der Waals surface area contributed by atoms with E-state index in [2.05, 4.69) is 4.98 Å². The zero-order chi connectivity index (χ0) is 18.4. The van der Waals surface area contributed by atoms with E-state index in [1.165, 1.54) is 17.6 Å². The fourth-order valence-electron chi connectivity index (χ4n) is 2.48. The molecule has 6 nitrogen and oxygen atoms in total. The standard InChI is InChI=1S/C16H14FN2O4PS/c1-3-14(20)12-8-25-16(18-12)15(21)11-7-19(24(2,22)23)13-5-4-9(17)6-10(11)13/h4-8H,3H2,1-2H3,(H,22,23). The Labute approximate surface area is 146 Å². The first-order chi connectivity index (χ1) is 11.7. The normalized spacial score (nSPS) is 13.8. The number of hydrogen-bond donors (Lipinski definition) is 1. The molecule has 25 heavy (non-hydrogen) atoms. The van der Waals surface area contributed by atoms with E-state index in [0.717, 1.165) is 34.5 Å². The second kappa shape index (κ2) is 6.29. The highest BCUT2D eigenvalue weighted by Gasteiger charge is 2.25. The molecule has 1 atom stereocenters. The third-order valence-corrected chi connectivity index (χ3v) is 5.67. The Hall–Kier alpha value is -2.15. The smallest absolute Gasteiger partial charge is 0.294 e. The van der Waals surface area contributed by atoms with Gasteiger partial charge >= 0.3 is 0 Å². The van der Waals surface area contributed by atoms with Crippen LogP contribution >= 0.6 is 18.9 Å². The van der Waals surface area contributed by atoms with E-state index in [1.807, 2.05) is 0 Å². The van der Waals surface area contributed by atoms with Crippen LogP contribution in [-0.4, -0.2) is 32.4 Å². The van der Waals surface area contributed by atoms with E-state index in [0.29, 0.717) is 0 Å². The van der Waals surface area contributed by atoms with Gasteiger partial charge in [0.25, 0.3) is 7.52 Å². The topological polar surface area (TPSA) is 89.3 Å². The molecule has 0 amide bonds. The fraction of sp³-hybridized carbons (Fsp3) is 0.188. The van der Waals surface area contributed by atoms with Crippen LogP contribution in [0.3, 0.4) is 0 Å². The van der Waals surface area contributed by atoms with Gasteiger partial charge in [-0.05, 0) is 18.2 Å². The first-order valence-electron chi connectivity index (χ1n) is 7.37. The highest BCUT2D eigenvalue weighted by atomic mass is 32.1. The van der Waals surface area contributed by atoms with Crippen molar-refractivity contribution in [2.24, 2.45) is 0 Å². The molecule has 1 N–H and O–H groups in total. The van der Waals surface area contributed by atoms with E-state index in [1.54, 1.807) is 6.92 Å². The molecule has 9 heteroatoms. The molecule has 3 aromatic rings. The minimum Gasteiger partial charge on any atom is -0.329 e. The number of benzene rings is 1. The number of hydrogen-bond acceptors (Lipinski definition) is 5. The molecule has 0 spiro atoms. The quantitative estimate of drug-likeness (QED) is 0.538. The number of thiazole rings is 1. The van der Waals surface area contributed by atoms with Crippen LogP contribution in [0.1, 0.15) is 39.2 Å². The van der Waals surface area contributed by atoms with Gasteiger partial charge in [-0.1, -0.05) is 6.92 Å². The van der Waals surface area contributed by atoms with Crippen LogP contribution in [-0.2, 0) is 4.57 Å². The lowest BCUT2D eigenvalue weighted by Crippen LogP contribution is -2.03. The average molecular weight is 380 g/mol. The van der Waals surface area contributed by atoms with Crippen molar-refractivity contribution in [1.29, 1.82) is 0 Å². The Kier molecular flexibility index (Phi) is 4.45. The molecule has 1 unspecified atom stereocenters. The maximum absolute atomic E-state index is 13.6. The molecule has 1 aromatic carbocycles. The van der Waals surface area contributed by atoms with Crippen molar-refractivity contribution < 1.29 is 23.4 Å². The number of halogens is 1. The van der Waals surface area contributed by atoms with Gasteiger partial charge in [-0.3, -0.25) is 18.5 Å². The second-order valence-electron chi connectivity index (χ2n) is 5.53. The van der Waals surface area contributed by atoms with Crippen LogP contribution < -0.4 is 0 Å². The maximum atomic E-state index is 13.6. The van der Waals surface area contributed by atoms with Crippen molar-refractivity contribution >= 4 is 41.3 Å². The molecule has 0 aliphatic rings. The molecular formula is C16H14FN2O4PS. The first-order valence-corrected chi connectivity index (χ1v) is 10.3. The molecule has 0 aliphatic carbocycles. The Balaban J connectivity index is 2.16. The Bertz CT molecular complexity index is 1050. The molecule has 2 aromatic heterocycles. The number of rotatable bonds is 5. The fourth-order valence-corrected chi connectivity index (χ4v) is 4.15. The van der Waals surface area contributed by atoms with Crippen molar-refractivity contribution in [2.45, 2.75) is 13.3 Å². The Morgan fingerprint density at radius 2 is 2.12 bits per heavy atom. The Morgan fingerprint density at radius 1 is 1.40 bits per heavy atom. The summed E-state index contributed by atoms with van der Waals surface area (Å²) in [5.74, 6) is -1.27. The van der Waals surface area contributed by atoms with Crippen LogP contribution in [0.5, 0.6) is 0 Å². The molecule has 0 saturated heterocycles. The zero-order valence-corrected chi connectivity index (χ0v) is 15.1. The summed E-state index contributed by atoms with van der Waals surface area (Å²) in [7, 11) is -3.73. The zero-order valence-electron chi connectivity index (χ0n) is 13.4. The van der Waals surface area contributed by atoms with Gasteiger partial charge in [0.2, 0.25) is 5.78 Å². The van der Waals surface area contributed by atoms with Gasteiger partial charge in [-0.2, -0.15) is 0 Å². The van der Waals surface area contributed by atoms with E-state index in [-0.39, 0.29) is 39.4 Å². The van der Waals surface area contributed by atoms with Crippen LogP contribution in [0, 0.1) is 5.82 Å². The summed E-state index contributed by atoms with van der Waals surface area (Å²) in [5.41, 5.74) is 0.545. The average Bonchev–Trinajstić information content (AvgIpc) is 3.17. The number of ketones is 2. The van der Waals surface area contributed by atoms with Crippen LogP contribution in [0.2, 0.25) is 0 Å². The van der Waals surface area contributed by atoms with Crippen LogP contribution in [0.4, 0.5) is 4.39 Å². The summed E-state index contributed by atoms with van der Waals surface area (Å²) in [6.07, 6.45) is 1.50.